The number of carboxylic acid groups (broad SMARTS) is 1. The average Bonchev–Trinajstić information content (AvgIpc) is 3.27. The van der Waals surface area contributed by atoms with Crippen molar-refractivity contribution in [2.24, 2.45) is 0 Å². The summed E-state index contributed by atoms with van der Waals surface area (Å²) in [4.78, 5) is 15.2. The minimum atomic E-state index is -5.08. The number of aromatic nitrogens is 2. The van der Waals surface area contributed by atoms with Crippen LogP contribution in [0.5, 0.6) is 0 Å². The van der Waals surface area contributed by atoms with Crippen molar-refractivity contribution in [3.8, 4) is 11.3 Å². The van der Waals surface area contributed by atoms with E-state index in [9.17, 15) is 13.2 Å². The highest BCUT2D eigenvalue weighted by Gasteiger charge is 2.38. The summed E-state index contributed by atoms with van der Waals surface area (Å²) in [6, 6.07) is 25.6. The number of fused-ring (bicyclic) bond motifs is 1. The molecule has 1 aliphatic rings. The molecule has 5 nitrogen and oxygen atoms in total. The third kappa shape index (κ3) is 7.29. The normalized spacial score (nSPS) is 14.1. The Morgan fingerprint density at radius 3 is 2.41 bits per heavy atom. The van der Waals surface area contributed by atoms with Crippen molar-refractivity contribution < 1.29 is 23.1 Å². The van der Waals surface area contributed by atoms with Crippen molar-refractivity contribution >= 4 is 29.2 Å². The fourth-order valence-electron chi connectivity index (χ4n) is 4.24. The molecule has 0 saturated heterocycles. The van der Waals surface area contributed by atoms with Crippen LogP contribution >= 0.6 is 11.8 Å². The molecule has 4 aromatic rings. The average molecular weight is 528 g/mol. The molecule has 0 unspecified atom stereocenters. The van der Waals surface area contributed by atoms with Crippen molar-refractivity contribution in [1.82, 2.24) is 9.38 Å². The number of benzene rings is 2. The highest BCUT2D eigenvalue weighted by atomic mass is 32.2. The van der Waals surface area contributed by atoms with Gasteiger partial charge in [0, 0.05) is 28.5 Å². The summed E-state index contributed by atoms with van der Waals surface area (Å²) in [5.41, 5.74) is 4.42. The predicted octanol–water partition coefficient (Wildman–Crippen LogP) is 7.67. The summed E-state index contributed by atoms with van der Waals surface area (Å²) in [6.45, 7) is 0.771. The number of carbonyl (C=O) groups is 1. The quantitative estimate of drug-likeness (QED) is 0.269. The SMILES string of the molecule is O=C(O)C(F)(F)F.c1ccc(CNc2c(-c3cccc(SC4CCCCC4)c3)nc3ccccn23)cc1. The third-order valence-electron chi connectivity index (χ3n) is 6.04. The Morgan fingerprint density at radius 2 is 1.70 bits per heavy atom. The first-order chi connectivity index (χ1) is 17.8. The van der Waals surface area contributed by atoms with E-state index in [0.717, 1.165) is 29.0 Å². The fourth-order valence-corrected chi connectivity index (χ4v) is 5.55. The van der Waals surface area contributed by atoms with Gasteiger partial charge in [0.05, 0.1) is 0 Å². The lowest BCUT2D eigenvalue weighted by molar-refractivity contribution is -0.192. The van der Waals surface area contributed by atoms with Crippen LogP contribution in [0.1, 0.15) is 37.7 Å². The molecule has 2 aromatic heterocycles. The first kappa shape index (κ1) is 26.6. The van der Waals surface area contributed by atoms with E-state index in [1.165, 1.54) is 48.1 Å². The van der Waals surface area contributed by atoms with Gasteiger partial charge in [-0.05, 0) is 42.7 Å². The maximum absolute atomic E-state index is 10.6. The Hall–Kier alpha value is -3.46. The Balaban J connectivity index is 0.000000405. The molecule has 1 fully saturated rings. The Bertz CT molecular complexity index is 1320. The molecule has 9 heteroatoms. The van der Waals surface area contributed by atoms with Crippen molar-refractivity contribution in [3.05, 3.63) is 84.6 Å². The fraction of sp³-hybridized carbons (Fsp3) is 0.286. The van der Waals surface area contributed by atoms with Crippen LogP contribution < -0.4 is 5.32 Å². The van der Waals surface area contributed by atoms with Crippen molar-refractivity contribution in [2.45, 2.75) is 55.0 Å². The Kier molecular flexibility index (Phi) is 8.76. The van der Waals surface area contributed by atoms with Crippen LogP contribution in [0.25, 0.3) is 16.9 Å². The summed E-state index contributed by atoms with van der Waals surface area (Å²) in [5.74, 6) is -1.71. The zero-order chi connectivity index (χ0) is 26.3. The summed E-state index contributed by atoms with van der Waals surface area (Å²) in [5, 5.41) is 11.5. The molecule has 1 aliphatic carbocycles. The molecule has 0 spiro atoms. The molecule has 2 aromatic carbocycles. The number of imidazole rings is 1. The molecule has 0 aliphatic heterocycles. The zero-order valence-electron chi connectivity index (χ0n) is 20.1. The number of pyridine rings is 1. The molecule has 2 heterocycles. The molecule has 5 rings (SSSR count). The number of alkyl halides is 3. The van der Waals surface area contributed by atoms with Crippen molar-refractivity contribution in [3.63, 3.8) is 0 Å². The van der Waals surface area contributed by atoms with E-state index >= 15 is 0 Å². The molecule has 2 N–H and O–H groups in total. The van der Waals surface area contributed by atoms with E-state index in [-0.39, 0.29) is 0 Å². The smallest absolute Gasteiger partial charge is 0.475 e. The lowest BCUT2D eigenvalue weighted by Crippen LogP contribution is -2.21. The largest absolute Gasteiger partial charge is 0.490 e. The second-order valence-electron chi connectivity index (χ2n) is 8.79. The van der Waals surface area contributed by atoms with Crippen molar-refractivity contribution in [2.75, 3.05) is 5.32 Å². The lowest BCUT2D eigenvalue weighted by atomic mass is 10.0. The number of rotatable bonds is 6. The number of hydrogen-bond donors (Lipinski definition) is 2. The van der Waals surface area contributed by atoms with Gasteiger partial charge in [0.15, 0.2) is 0 Å². The summed E-state index contributed by atoms with van der Waals surface area (Å²) >= 11 is 2.04. The highest BCUT2D eigenvalue weighted by molar-refractivity contribution is 8.00. The monoisotopic (exact) mass is 527 g/mol. The molecule has 0 radical (unpaired) electrons. The van der Waals surface area contributed by atoms with Crippen LogP contribution in [0.3, 0.4) is 0 Å². The van der Waals surface area contributed by atoms with Gasteiger partial charge >= 0.3 is 12.1 Å². The molecule has 37 heavy (non-hydrogen) atoms. The van der Waals surface area contributed by atoms with Crippen molar-refractivity contribution in [1.29, 1.82) is 0 Å². The van der Waals surface area contributed by atoms with Gasteiger partial charge in [-0.2, -0.15) is 13.2 Å². The molecule has 0 amide bonds. The number of anilines is 1. The number of thioether (sulfide) groups is 1. The summed E-state index contributed by atoms with van der Waals surface area (Å²) < 4.78 is 33.9. The number of nitrogens with one attached hydrogen (secondary N) is 1. The van der Waals surface area contributed by atoms with E-state index in [1.54, 1.807) is 0 Å². The first-order valence-corrected chi connectivity index (χ1v) is 13.0. The zero-order valence-corrected chi connectivity index (χ0v) is 20.9. The molecular weight excluding hydrogens is 499 g/mol. The second kappa shape index (κ2) is 12.2. The first-order valence-electron chi connectivity index (χ1n) is 12.1. The Morgan fingerprint density at radius 1 is 1.00 bits per heavy atom. The van der Waals surface area contributed by atoms with E-state index < -0.39 is 12.1 Å². The van der Waals surface area contributed by atoms with Gasteiger partial charge in [0.1, 0.15) is 17.2 Å². The number of carboxylic acids is 1. The van der Waals surface area contributed by atoms with Gasteiger partial charge in [-0.1, -0.05) is 67.8 Å². The number of nitrogens with zero attached hydrogens (tertiary/aromatic N) is 2. The molecule has 194 valence electrons. The minimum Gasteiger partial charge on any atom is -0.475 e. The van der Waals surface area contributed by atoms with E-state index in [2.05, 4.69) is 82.6 Å². The predicted molar refractivity (Wildman–Crippen MR) is 141 cm³/mol. The molecule has 1 saturated carbocycles. The minimum absolute atomic E-state index is 0.755. The second-order valence-corrected chi connectivity index (χ2v) is 10.2. The van der Waals surface area contributed by atoms with Gasteiger partial charge in [-0.15, -0.1) is 11.8 Å². The van der Waals surface area contributed by atoms with Crippen LogP contribution in [0.15, 0.2) is 83.9 Å². The van der Waals surface area contributed by atoms with E-state index in [0.29, 0.717) is 0 Å². The number of aliphatic carboxylic acids is 1. The van der Waals surface area contributed by atoms with Crippen LogP contribution in [0.2, 0.25) is 0 Å². The summed E-state index contributed by atoms with van der Waals surface area (Å²) in [6.07, 6.45) is 3.82. The molecule has 0 atom stereocenters. The summed E-state index contributed by atoms with van der Waals surface area (Å²) in [7, 11) is 0. The number of halogens is 3. The van der Waals surface area contributed by atoms with Gasteiger partial charge in [-0.25, -0.2) is 9.78 Å². The molecular formula is C28H28F3N3O2S. The topological polar surface area (TPSA) is 66.6 Å². The van der Waals surface area contributed by atoms with Crippen LogP contribution in [0.4, 0.5) is 19.0 Å². The maximum Gasteiger partial charge on any atom is 0.490 e. The maximum atomic E-state index is 10.6. The van der Waals surface area contributed by atoms with E-state index in [4.69, 9.17) is 14.9 Å². The van der Waals surface area contributed by atoms with E-state index in [1.807, 2.05) is 17.8 Å². The van der Waals surface area contributed by atoms with Gasteiger partial charge in [0.25, 0.3) is 0 Å². The van der Waals surface area contributed by atoms with Gasteiger partial charge in [0.2, 0.25) is 0 Å². The van der Waals surface area contributed by atoms with Crippen LogP contribution in [-0.4, -0.2) is 31.9 Å². The van der Waals surface area contributed by atoms with Gasteiger partial charge in [-0.3, -0.25) is 4.40 Å². The van der Waals surface area contributed by atoms with Crippen LogP contribution in [0, 0.1) is 0 Å². The Labute approximate surface area is 217 Å². The standard InChI is InChI=1S/C26H27N3S.C2HF3O2/c1-3-10-20(11-4-1)19-27-26-25(28-24-16-7-8-17-29(24)26)21-12-9-15-23(18-21)30-22-13-5-2-6-14-22;3-2(4,5)1(6)7/h1,3-4,7-12,15-18,22,27H,2,5-6,13-14,19H2;(H,6,7). The highest BCUT2D eigenvalue weighted by Crippen LogP contribution is 2.36. The third-order valence-corrected chi connectivity index (χ3v) is 7.37. The van der Waals surface area contributed by atoms with Gasteiger partial charge < -0.3 is 10.4 Å². The van der Waals surface area contributed by atoms with Crippen LogP contribution in [-0.2, 0) is 11.3 Å². The molecule has 0 bridgehead atoms. The number of hydrogen-bond acceptors (Lipinski definition) is 4. The lowest BCUT2D eigenvalue weighted by Gasteiger charge is -2.21.